The van der Waals surface area contributed by atoms with Gasteiger partial charge in [0.05, 0.1) is 7.11 Å². The average molecular weight is 237 g/mol. The van der Waals surface area contributed by atoms with Crippen molar-refractivity contribution in [2.24, 2.45) is 11.5 Å². The second kappa shape index (κ2) is 3.95. The Morgan fingerprint density at radius 1 is 1.41 bits per heavy atom. The van der Waals surface area contributed by atoms with Crippen LogP contribution in [0.2, 0.25) is 0 Å². The Balaban J connectivity index is 2.58. The second-order valence-electron chi connectivity index (χ2n) is 3.42. The molecule has 17 heavy (non-hydrogen) atoms. The molecule has 1 aromatic rings. The van der Waals surface area contributed by atoms with E-state index in [1.807, 2.05) is 0 Å². The minimum atomic E-state index is -1.03. The lowest BCUT2D eigenvalue weighted by atomic mass is 10.1. The first-order valence-electron chi connectivity index (χ1n) is 4.78. The van der Waals surface area contributed by atoms with Crippen LogP contribution in [0.25, 0.3) is 0 Å². The third-order valence-corrected chi connectivity index (χ3v) is 2.41. The average Bonchev–Trinajstić information content (AvgIpc) is 2.68. The van der Waals surface area contributed by atoms with E-state index in [0.717, 1.165) is 5.06 Å². The fraction of sp³-hybridized carbons (Fsp3) is 0.200. The van der Waals surface area contributed by atoms with E-state index in [2.05, 4.69) is 0 Å². The molecule has 0 spiro atoms. The van der Waals surface area contributed by atoms with Crippen molar-refractivity contribution in [3.8, 4) is 5.75 Å². The van der Waals surface area contributed by atoms with Crippen molar-refractivity contribution in [2.75, 3.05) is 12.2 Å². The summed E-state index contributed by atoms with van der Waals surface area (Å²) in [5.74, 6) is -0.326. The standard InChI is InChI=1S/C10H11N3O4/c1-16-6-4-2-3-5-7(6)13(10(12)15)17-8(5)9(11)14/h2-4,8H,1H3,(H2,11,14)(H2,12,15). The Hall–Kier alpha value is -2.28. The molecule has 1 aliphatic heterocycles. The predicted molar refractivity (Wildman–Crippen MR) is 58.1 cm³/mol. The van der Waals surface area contributed by atoms with E-state index in [1.54, 1.807) is 18.2 Å². The Kier molecular flexibility index (Phi) is 2.60. The third-order valence-electron chi connectivity index (χ3n) is 2.41. The van der Waals surface area contributed by atoms with Gasteiger partial charge in [0.25, 0.3) is 5.91 Å². The Labute approximate surface area is 96.8 Å². The number of anilines is 1. The number of amides is 3. The van der Waals surface area contributed by atoms with E-state index in [9.17, 15) is 9.59 Å². The van der Waals surface area contributed by atoms with Gasteiger partial charge >= 0.3 is 6.03 Å². The highest BCUT2D eigenvalue weighted by Crippen LogP contribution is 2.43. The number of methoxy groups -OCH3 is 1. The molecule has 7 nitrogen and oxygen atoms in total. The van der Waals surface area contributed by atoms with Crippen LogP contribution < -0.4 is 21.3 Å². The van der Waals surface area contributed by atoms with Gasteiger partial charge in [-0.2, -0.15) is 5.06 Å². The SMILES string of the molecule is COc1cccc2c1N(C(N)=O)OC2C(N)=O. The van der Waals surface area contributed by atoms with Gasteiger partial charge in [-0.25, -0.2) is 9.63 Å². The highest BCUT2D eigenvalue weighted by Gasteiger charge is 2.38. The molecule has 0 saturated heterocycles. The lowest BCUT2D eigenvalue weighted by Gasteiger charge is -2.14. The van der Waals surface area contributed by atoms with Crippen LogP contribution in [-0.2, 0) is 9.63 Å². The number of hydrogen-bond donors (Lipinski definition) is 2. The van der Waals surface area contributed by atoms with Crippen molar-refractivity contribution in [1.82, 2.24) is 0 Å². The number of carbonyl (C=O) groups excluding carboxylic acids is 2. The van der Waals surface area contributed by atoms with Gasteiger partial charge in [-0.3, -0.25) is 4.79 Å². The van der Waals surface area contributed by atoms with Crippen LogP contribution in [-0.4, -0.2) is 19.0 Å². The maximum absolute atomic E-state index is 11.2. The van der Waals surface area contributed by atoms with Gasteiger partial charge in [-0.1, -0.05) is 12.1 Å². The third kappa shape index (κ3) is 1.66. The zero-order chi connectivity index (χ0) is 12.6. The molecule has 1 heterocycles. The van der Waals surface area contributed by atoms with E-state index in [-0.39, 0.29) is 0 Å². The number of rotatable bonds is 2. The molecule has 1 aromatic carbocycles. The predicted octanol–water partition coefficient (Wildman–Crippen LogP) is 0.0519. The smallest absolute Gasteiger partial charge is 0.343 e. The van der Waals surface area contributed by atoms with E-state index in [1.165, 1.54) is 7.11 Å². The molecule has 4 N–H and O–H groups in total. The van der Waals surface area contributed by atoms with E-state index in [4.69, 9.17) is 21.0 Å². The molecule has 2 rings (SSSR count). The fourth-order valence-corrected chi connectivity index (χ4v) is 1.72. The summed E-state index contributed by atoms with van der Waals surface area (Å²) < 4.78 is 5.08. The summed E-state index contributed by atoms with van der Waals surface area (Å²) in [5, 5.41) is 0.809. The Morgan fingerprint density at radius 2 is 2.12 bits per heavy atom. The molecule has 90 valence electrons. The molecule has 1 aliphatic rings. The van der Waals surface area contributed by atoms with E-state index >= 15 is 0 Å². The number of nitrogens with two attached hydrogens (primary N) is 2. The second-order valence-corrected chi connectivity index (χ2v) is 3.42. The van der Waals surface area contributed by atoms with Crippen molar-refractivity contribution in [3.05, 3.63) is 23.8 Å². The van der Waals surface area contributed by atoms with Crippen LogP contribution in [0.1, 0.15) is 11.7 Å². The molecule has 0 radical (unpaired) electrons. The van der Waals surface area contributed by atoms with Crippen molar-refractivity contribution in [3.63, 3.8) is 0 Å². The molecule has 0 saturated carbocycles. The normalized spacial score (nSPS) is 17.7. The quantitative estimate of drug-likeness (QED) is 0.757. The van der Waals surface area contributed by atoms with Crippen molar-refractivity contribution in [1.29, 1.82) is 0 Å². The molecule has 3 amide bonds. The van der Waals surface area contributed by atoms with Gasteiger partial charge in [0, 0.05) is 5.56 Å². The van der Waals surface area contributed by atoms with Gasteiger partial charge in [0.1, 0.15) is 11.4 Å². The maximum atomic E-state index is 11.2. The number of para-hydroxylation sites is 1. The first-order valence-corrected chi connectivity index (χ1v) is 4.78. The van der Waals surface area contributed by atoms with Crippen LogP contribution in [0.5, 0.6) is 5.75 Å². The number of hydroxylamine groups is 1. The van der Waals surface area contributed by atoms with E-state index < -0.39 is 18.0 Å². The fourth-order valence-electron chi connectivity index (χ4n) is 1.72. The highest BCUT2D eigenvalue weighted by molar-refractivity contribution is 5.96. The first kappa shape index (κ1) is 11.2. The molecule has 1 unspecified atom stereocenters. The van der Waals surface area contributed by atoms with Gasteiger partial charge in [0.2, 0.25) is 0 Å². The molecule has 0 fully saturated rings. The molecule has 0 aromatic heterocycles. The van der Waals surface area contributed by atoms with Gasteiger partial charge in [-0.05, 0) is 6.07 Å². The van der Waals surface area contributed by atoms with Crippen molar-refractivity contribution >= 4 is 17.6 Å². The lowest BCUT2D eigenvalue weighted by Crippen LogP contribution is -2.35. The Bertz CT molecular complexity index is 488. The monoisotopic (exact) mass is 237 g/mol. The lowest BCUT2D eigenvalue weighted by molar-refractivity contribution is -0.128. The molecule has 7 heteroatoms. The first-order chi connectivity index (χ1) is 8.06. The topological polar surface area (TPSA) is 108 Å². The zero-order valence-corrected chi connectivity index (χ0v) is 9.04. The number of hydrogen-bond acceptors (Lipinski definition) is 4. The van der Waals surface area contributed by atoms with Gasteiger partial charge in [0.15, 0.2) is 6.10 Å². The van der Waals surface area contributed by atoms with Crippen LogP contribution >= 0.6 is 0 Å². The molecule has 1 atom stereocenters. The summed E-state index contributed by atoms with van der Waals surface area (Å²) in [5.41, 5.74) is 11.1. The molecular weight excluding hydrogens is 226 g/mol. The summed E-state index contributed by atoms with van der Waals surface area (Å²) >= 11 is 0. The van der Waals surface area contributed by atoms with E-state index in [0.29, 0.717) is 17.0 Å². The van der Waals surface area contributed by atoms with Crippen LogP contribution in [0.15, 0.2) is 18.2 Å². The number of fused-ring (bicyclic) bond motifs is 1. The van der Waals surface area contributed by atoms with Gasteiger partial charge in [-0.15, -0.1) is 0 Å². The minimum Gasteiger partial charge on any atom is -0.494 e. The van der Waals surface area contributed by atoms with Crippen LogP contribution in [0.3, 0.4) is 0 Å². The van der Waals surface area contributed by atoms with Crippen LogP contribution in [0, 0.1) is 0 Å². The number of primary amides is 2. The zero-order valence-electron chi connectivity index (χ0n) is 9.04. The number of ether oxygens (including phenoxy) is 1. The van der Waals surface area contributed by atoms with Crippen LogP contribution in [0.4, 0.5) is 10.5 Å². The minimum absolute atomic E-state index is 0.311. The largest absolute Gasteiger partial charge is 0.494 e. The maximum Gasteiger partial charge on any atom is 0.343 e. The number of urea groups is 1. The number of nitrogens with zero attached hydrogens (tertiary/aromatic N) is 1. The summed E-state index contributed by atoms with van der Waals surface area (Å²) in [4.78, 5) is 27.5. The van der Waals surface area contributed by atoms with Gasteiger partial charge < -0.3 is 16.2 Å². The summed E-state index contributed by atoms with van der Waals surface area (Å²) in [6.07, 6.45) is -1.03. The number of benzene rings is 1. The molecule has 0 bridgehead atoms. The Morgan fingerprint density at radius 3 is 2.65 bits per heavy atom. The molecule has 0 aliphatic carbocycles. The summed E-state index contributed by atoms with van der Waals surface area (Å²) in [6, 6.07) is 4.07. The van der Waals surface area contributed by atoms with Crippen molar-refractivity contribution in [2.45, 2.75) is 6.10 Å². The highest BCUT2D eigenvalue weighted by atomic mass is 16.7. The molecular formula is C10H11N3O4. The van der Waals surface area contributed by atoms with Crippen molar-refractivity contribution < 1.29 is 19.2 Å². The summed E-state index contributed by atoms with van der Waals surface area (Å²) in [7, 11) is 1.44. The summed E-state index contributed by atoms with van der Waals surface area (Å²) in [6.45, 7) is 0. The number of carbonyl (C=O) groups is 2.